The van der Waals surface area contributed by atoms with Crippen LogP contribution in [0.1, 0.15) is 55.7 Å². The number of benzene rings is 2. The van der Waals surface area contributed by atoms with Crippen LogP contribution < -0.4 is 0 Å². The summed E-state index contributed by atoms with van der Waals surface area (Å²) in [6, 6.07) is 11.4. The maximum absolute atomic E-state index is 13.5. The number of tetrazole rings is 1. The predicted octanol–water partition coefficient (Wildman–Crippen LogP) is 3.99. The van der Waals surface area contributed by atoms with Gasteiger partial charge in [-0.15, -0.1) is 5.10 Å². The van der Waals surface area contributed by atoms with E-state index in [-0.39, 0.29) is 35.4 Å². The van der Waals surface area contributed by atoms with Gasteiger partial charge in [-0.1, -0.05) is 32.9 Å². The fourth-order valence-corrected chi connectivity index (χ4v) is 6.40. The van der Waals surface area contributed by atoms with Crippen LogP contribution in [-0.4, -0.2) is 45.9 Å². The minimum atomic E-state index is -3.11. The summed E-state index contributed by atoms with van der Waals surface area (Å²) in [7, 11) is -3.11. The van der Waals surface area contributed by atoms with E-state index >= 15 is 0 Å². The van der Waals surface area contributed by atoms with E-state index in [1.54, 1.807) is 28.9 Å². The lowest BCUT2D eigenvalue weighted by Crippen LogP contribution is -2.22. The molecule has 1 fully saturated rings. The number of carbonyl (C=O) groups is 1. The second-order valence-electron chi connectivity index (χ2n) is 9.13. The SMILES string of the molecule is CC(C)c1nnnn1-c1cc(C(=O)CC2(C)CCS(=O)(=O)C2)cc(-c2ccc(F)cc2)c1. The number of carbonyl (C=O) groups excluding carboxylic acids is 1. The predicted molar refractivity (Wildman–Crippen MR) is 119 cm³/mol. The first-order valence-electron chi connectivity index (χ1n) is 10.5. The molecule has 2 heterocycles. The van der Waals surface area contributed by atoms with Gasteiger partial charge in [-0.3, -0.25) is 4.79 Å². The molecule has 0 spiro atoms. The summed E-state index contributed by atoms with van der Waals surface area (Å²) in [5.41, 5.74) is 1.95. The van der Waals surface area contributed by atoms with Crippen LogP contribution in [0.3, 0.4) is 0 Å². The lowest BCUT2D eigenvalue weighted by atomic mass is 9.83. The molecular weight excluding hydrogens is 431 g/mol. The van der Waals surface area contributed by atoms with Crippen LogP contribution in [0.2, 0.25) is 0 Å². The van der Waals surface area contributed by atoms with Crippen molar-refractivity contribution in [1.29, 1.82) is 0 Å². The molecule has 1 aliphatic rings. The summed E-state index contributed by atoms with van der Waals surface area (Å²) in [6.07, 6.45) is 0.598. The van der Waals surface area contributed by atoms with Gasteiger partial charge < -0.3 is 0 Å². The number of hydrogen-bond donors (Lipinski definition) is 0. The molecule has 168 valence electrons. The van der Waals surface area contributed by atoms with Crippen molar-refractivity contribution in [3.05, 3.63) is 59.7 Å². The van der Waals surface area contributed by atoms with Crippen molar-refractivity contribution < 1.29 is 17.6 Å². The molecule has 3 aromatic rings. The fourth-order valence-electron chi connectivity index (χ4n) is 4.15. The van der Waals surface area contributed by atoms with Gasteiger partial charge in [0.15, 0.2) is 21.4 Å². The molecular formula is C23H25FN4O3S. The van der Waals surface area contributed by atoms with Gasteiger partial charge in [0.25, 0.3) is 0 Å². The number of Topliss-reactive ketones (excluding diaryl/α,β-unsaturated/α-hetero) is 1. The number of hydrogen-bond acceptors (Lipinski definition) is 6. The molecule has 2 aromatic carbocycles. The molecule has 0 bridgehead atoms. The van der Waals surface area contributed by atoms with E-state index in [0.29, 0.717) is 23.5 Å². The van der Waals surface area contributed by atoms with E-state index in [1.807, 2.05) is 26.8 Å². The molecule has 32 heavy (non-hydrogen) atoms. The van der Waals surface area contributed by atoms with Crippen molar-refractivity contribution in [3.8, 4) is 16.8 Å². The molecule has 1 aliphatic heterocycles. The Balaban J connectivity index is 1.77. The number of sulfone groups is 1. The molecule has 9 heteroatoms. The number of ketones is 1. The molecule has 0 radical (unpaired) electrons. The second-order valence-corrected chi connectivity index (χ2v) is 11.3. The standard InChI is InChI=1S/C23H25FN4O3S/c1-15(2)22-25-26-27-28(22)20-11-17(16-4-6-19(24)7-5-16)10-18(12-20)21(29)13-23(3)8-9-32(30,31)14-23/h4-7,10-12,15H,8-9,13-14H2,1-3H3. The smallest absolute Gasteiger partial charge is 0.163 e. The van der Waals surface area contributed by atoms with Crippen molar-refractivity contribution in [2.45, 2.75) is 39.5 Å². The fraction of sp³-hybridized carbons (Fsp3) is 0.391. The summed E-state index contributed by atoms with van der Waals surface area (Å²) < 4.78 is 39.0. The maximum atomic E-state index is 13.5. The van der Waals surface area contributed by atoms with Gasteiger partial charge in [0.2, 0.25) is 0 Å². The van der Waals surface area contributed by atoms with Crippen LogP contribution in [0.4, 0.5) is 4.39 Å². The van der Waals surface area contributed by atoms with Gasteiger partial charge in [-0.2, -0.15) is 4.68 Å². The van der Waals surface area contributed by atoms with Crippen molar-refractivity contribution in [2.24, 2.45) is 5.41 Å². The highest BCUT2D eigenvalue weighted by Gasteiger charge is 2.40. The number of rotatable bonds is 6. The summed E-state index contributed by atoms with van der Waals surface area (Å²) in [4.78, 5) is 13.3. The van der Waals surface area contributed by atoms with Crippen LogP contribution in [0.5, 0.6) is 0 Å². The highest BCUT2D eigenvalue weighted by atomic mass is 32.2. The first kappa shape index (κ1) is 22.3. The average molecular weight is 457 g/mol. The number of nitrogens with zero attached hydrogens (tertiary/aromatic N) is 4. The third kappa shape index (κ3) is 4.62. The van der Waals surface area contributed by atoms with E-state index in [0.717, 1.165) is 11.1 Å². The zero-order valence-electron chi connectivity index (χ0n) is 18.2. The molecule has 1 atom stereocenters. The topological polar surface area (TPSA) is 94.8 Å². The first-order valence-corrected chi connectivity index (χ1v) is 12.3. The van der Waals surface area contributed by atoms with Crippen molar-refractivity contribution in [1.82, 2.24) is 20.2 Å². The molecule has 0 amide bonds. The Morgan fingerprint density at radius 3 is 2.50 bits per heavy atom. The van der Waals surface area contributed by atoms with Gasteiger partial charge in [0.05, 0.1) is 17.2 Å². The van der Waals surface area contributed by atoms with E-state index in [4.69, 9.17) is 0 Å². The molecule has 0 saturated carbocycles. The summed E-state index contributed by atoms with van der Waals surface area (Å²) in [6.45, 7) is 5.79. The van der Waals surface area contributed by atoms with Gasteiger partial charge in [0, 0.05) is 17.9 Å². The van der Waals surface area contributed by atoms with Gasteiger partial charge >= 0.3 is 0 Å². The van der Waals surface area contributed by atoms with Gasteiger partial charge in [-0.25, -0.2) is 12.8 Å². The molecule has 0 aliphatic carbocycles. The Hall–Kier alpha value is -2.94. The zero-order chi connectivity index (χ0) is 23.1. The number of aromatic nitrogens is 4. The van der Waals surface area contributed by atoms with E-state index in [2.05, 4.69) is 15.5 Å². The minimum Gasteiger partial charge on any atom is -0.294 e. The van der Waals surface area contributed by atoms with E-state index in [9.17, 15) is 17.6 Å². The summed E-state index contributed by atoms with van der Waals surface area (Å²) >= 11 is 0. The molecule has 0 N–H and O–H groups in total. The highest BCUT2D eigenvalue weighted by Crippen LogP contribution is 2.37. The Labute approximate surface area is 186 Å². The van der Waals surface area contributed by atoms with Crippen molar-refractivity contribution in [3.63, 3.8) is 0 Å². The molecule has 1 unspecified atom stereocenters. The average Bonchev–Trinajstić information content (AvgIpc) is 3.32. The van der Waals surface area contributed by atoms with E-state index in [1.165, 1.54) is 12.1 Å². The quantitative estimate of drug-likeness (QED) is 0.521. The molecule has 7 nitrogen and oxygen atoms in total. The summed E-state index contributed by atoms with van der Waals surface area (Å²) in [5, 5.41) is 12.0. The Kier molecular flexibility index (Phi) is 5.70. The lowest BCUT2D eigenvalue weighted by molar-refractivity contribution is 0.0934. The maximum Gasteiger partial charge on any atom is 0.163 e. The Bertz CT molecular complexity index is 1270. The molecule has 4 rings (SSSR count). The number of halogens is 1. The third-order valence-electron chi connectivity index (χ3n) is 5.84. The van der Waals surface area contributed by atoms with Crippen molar-refractivity contribution in [2.75, 3.05) is 11.5 Å². The van der Waals surface area contributed by atoms with Gasteiger partial charge in [0.1, 0.15) is 5.82 Å². The Morgan fingerprint density at radius 1 is 1.16 bits per heavy atom. The largest absolute Gasteiger partial charge is 0.294 e. The third-order valence-corrected chi connectivity index (χ3v) is 7.81. The van der Waals surface area contributed by atoms with Crippen LogP contribution >= 0.6 is 0 Å². The van der Waals surface area contributed by atoms with E-state index < -0.39 is 15.3 Å². The lowest BCUT2D eigenvalue weighted by Gasteiger charge is -2.21. The Morgan fingerprint density at radius 2 is 1.88 bits per heavy atom. The molecule has 1 aromatic heterocycles. The van der Waals surface area contributed by atoms with Crippen molar-refractivity contribution >= 4 is 15.6 Å². The van der Waals surface area contributed by atoms with Crippen LogP contribution in [0.15, 0.2) is 42.5 Å². The summed E-state index contributed by atoms with van der Waals surface area (Å²) in [5.74, 6) is 0.337. The normalized spacial score (nSPS) is 20.0. The second kappa shape index (κ2) is 8.20. The monoisotopic (exact) mass is 456 g/mol. The van der Waals surface area contributed by atoms with Crippen LogP contribution in [0, 0.1) is 11.2 Å². The first-order chi connectivity index (χ1) is 15.1. The van der Waals surface area contributed by atoms with Crippen LogP contribution in [0.25, 0.3) is 16.8 Å². The molecule has 1 saturated heterocycles. The minimum absolute atomic E-state index is 0.0146. The van der Waals surface area contributed by atoms with Gasteiger partial charge in [-0.05, 0) is 63.7 Å². The highest BCUT2D eigenvalue weighted by molar-refractivity contribution is 7.91. The van der Waals surface area contributed by atoms with Crippen LogP contribution in [-0.2, 0) is 9.84 Å². The zero-order valence-corrected chi connectivity index (χ0v) is 19.1.